The van der Waals surface area contributed by atoms with Gasteiger partial charge in [0, 0.05) is 51.7 Å². The number of aromatic nitrogens is 2. The van der Waals surface area contributed by atoms with Crippen molar-refractivity contribution in [1.82, 2.24) is 25.1 Å². The Labute approximate surface area is 107 Å². The van der Waals surface area contributed by atoms with Crippen molar-refractivity contribution in [1.29, 1.82) is 0 Å². The number of rotatable bonds is 3. The van der Waals surface area contributed by atoms with E-state index in [4.69, 9.17) is 0 Å². The highest BCUT2D eigenvalue weighted by Gasteiger charge is 2.23. The van der Waals surface area contributed by atoms with Gasteiger partial charge in [0.05, 0.1) is 6.33 Å². The molecule has 2 heterocycles. The molecule has 18 heavy (non-hydrogen) atoms. The standard InChI is InChI=1S/C12H21N5O/c1-16(2)12(18)17-5-3-10(4-6-17)14-8-11-7-13-9-15-11/h7,9-10,14H,3-6,8H2,1-2H3,(H,13,15). The van der Waals surface area contributed by atoms with Crippen LogP contribution < -0.4 is 5.32 Å². The van der Waals surface area contributed by atoms with E-state index in [9.17, 15) is 4.79 Å². The van der Waals surface area contributed by atoms with E-state index in [2.05, 4.69) is 15.3 Å². The zero-order valence-electron chi connectivity index (χ0n) is 11.0. The Kier molecular flexibility index (Phi) is 4.19. The number of imidazole rings is 1. The van der Waals surface area contributed by atoms with Gasteiger partial charge in [-0.05, 0) is 12.8 Å². The predicted molar refractivity (Wildman–Crippen MR) is 69.1 cm³/mol. The lowest BCUT2D eigenvalue weighted by atomic mass is 10.1. The molecule has 1 aliphatic rings. The van der Waals surface area contributed by atoms with Gasteiger partial charge >= 0.3 is 6.03 Å². The van der Waals surface area contributed by atoms with Gasteiger partial charge in [0.2, 0.25) is 0 Å². The van der Waals surface area contributed by atoms with Gasteiger partial charge in [-0.25, -0.2) is 9.78 Å². The van der Waals surface area contributed by atoms with Gasteiger partial charge < -0.3 is 20.1 Å². The zero-order valence-corrected chi connectivity index (χ0v) is 11.0. The number of nitrogens with one attached hydrogen (secondary N) is 2. The van der Waals surface area contributed by atoms with Crippen LogP contribution in [0.1, 0.15) is 18.5 Å². The maximum absolute atomic E-state index is 11.8. The van der Waals surface area contributed by atoms with Crippen LogP contribution in [-0.4, -0.2) is 59.0 Å². The van der Waals surface area contributed by atoms with Gasteiger partial charge in [-0.1, -0.05) is 0 Å². The Hall–Kier alpha value is -1.56. The molecular weight excluding hydrogens is 230 g/mol. The summed E-state index contributed by atoms with van der Waals surface area (Å²) in [5.74, 6) is 0. The molecule has 1 aliphatic heterocycles. The van der Waals surface area contributed by atoms with E-state index >= 15 is 0 Å². The fourth-order valence-corrected chi connectivity index (χ4v) is 2.19. The predicted octanol–water partition coefficient (Wildman–Crippen LogP) is 0.645. The highest BCUT2D eigenvalue weighted by atomic mass is 16.2. The summed E-state index contributed by atoms with van der Waals surface area (Å²) in [7, 11) is 3.59. The second-order valence-electron chi connectivity index (χ2n) is 4.90. The first-order valence-electron chi connectivity index (χ1n) is 6.33. The van der Waals surface area contributed by atoms with Crippen molar-refractivity contribution >= 4 is 6.03 Å². The Bertz CT molecular complexity index is 368. The number of hydrogen-bond acceptors (Lipinski definition) is 3. The second-order valence-corrected chi connectivity index (χ2v) is 4.90. The molecule has 0 spiro atoms. The largest absolute Gasteiger partial charge is 0.347 e. The first kappa shape index (κ1) is 12.9. The van der Waals surface area contributed by atoms with Gasteiger partial charge in [0.15, 0.2) is 0 Å². The summed E-state index contributed by atoms with van der Waals surface area (Å²) in [5.41, 5.74) is 1.10. The van der Waals surface area contributed by atoms with Gasteiger partial charge in [0.25, 0.3) is 0 Å². The maximum atomic E-state index is 11.8. The summed E-state index contributed by atoms with van der Waals surface area (Å²) in [6.45, 7) is 2.47. The molecular formula is C12H21N5O. The molecule has 0 unspecified atom stereocenters. The van der Waals surface area contributed by atoms with E-state index in [0.717, 1.165) is 38.2 Å². The third-order valence-electron chi connectivity index (χ3n) is 3.28. The topological polar surface area (TPSA) is 64.3 Å². The molecule has 2 amide bonds. The quantitative estimate of drug-likeness (QED) is 0.829. The van der Waals surface area contributed by atoms with Crippen molar-refractivity contribution < 1.29 is 4.79 Å². The van der Waals surface area contributed by atoms with E-state index in [0.29, 0.717) is 6.04 Å². The van der Waals surface area contributed by atoms with Crippen LogP contribution in [0.25, 0.3) is 0 Å². The highest BCUT2D eigenvalue weighted by molar-refractivity contribution is 5.73. The summed E-state index contributed by atoms with van der Waals surface area (Å²) in [4.78, 5) is 22.4. The number of carbonyl (C=O) groups excluding carboxylic acids is 1. The van der Waals surface area contributed by atoms with Crippen molar-refractivity contribution in [2.45, 2.75) is 25.4 Å². The van der Waals surface area contributed by atoms with E-state index in [1.807, 2.05) is 11.1 Å². The van der Waals surface area contributed by atoms with Crippen molar-refractivity contribution in [2.24, 2.45) is 0 Å². The number of urea groups is 1. The average Bonchev–Trinajstić information content (AvgIpc) is 2.89. The fraction of sp³-hybridized carbons (Fsp3) is 0.667. The second kappa shape index (κ2) is 5.86. The Balaban J connectivity index is 1.72. The number of nitrogens with zero attached hydrogens (tertiary/aromatic N) is 3. The lowest BCUT2D eigenvalue weighted by Crippen LogP contribution is -2.47. The summed E-state index contributed by atoms with van der Waals surface area (Å²) in [5, 5.41) is 3.49. The maximum Gasteiger partial charge on any atom is 0.319 e. The Morgan fingerprint density at radius 1 is 1.56 bits per heavy atom. The lowest BCUT2D eigenvalue weighted by molar-refractivity contribution is 0.152. The van der Waals surface area contributed by atoms with Crippen LogP contribution >= 0.6 is 0 Å². The number of likely N-dealkylation sites (tertiary alicyclic amines) is 1. The minimum absolute atomic E-state index is 0.113. The Morgan fingerprint density at radius 2 is 2.28 bits per heavy atom. The molecule has 0 saturated carbocycles. The van der Waals surface area contributed by atoms with Crippen LogP contribution in [0.2, 0.25) is 0 Å². The molecule has 2 rings (SSSR count). The molecule has 1 saturated heterocycles. The normalized spacial score (nSPS) is 16.9. The van der Waals surface area contributed by atoms with Crippen molar-refractivity contribution in [3.8, 4) is 0 Å². The summed E-state index contributed by atoms with van der Waals surface area (Å²) < 4.78 is 0. The fourth-order valence-electron chi connectivity index (χ4n) is 2.19. The lowest BCUT2D eigenvalue weighted by Gasteiger charge is -2.34. The number of aromatic amines is 1. The third kappa shape index (κ3) is 3.22. The summed E-state index contributed by atoms with van der Waals surface area (Å²) in [6.07, 6.45) is 5.54. The Morgan fingerprint density at radius 3 is 2.83 bits per heavy atom. The monoisotopic (exact) mass is 251 g/mol. The molecule has 2 N–H and O–H groups in total. The van der Waals surface area contributed by atoms with Crippen LogP contribution in [0.15, 0.2) is 12.5 Å². The zero-order chi connectivity index (χ0) is 13.0. The van der Waals surface area contributed by atoms with Crippen molar-refractivity contribution in [2.75, 3.05) is 27.2 Å². The first-order valence-corrected chi connectivity index (χ1v) is 6.33. The van der Waals surface area contributed by atoms with Crippen LogP contribution in [0.5, 0.6) is 0 Å². The molecule has 0 aromatic carbocycles. The molecule has 0 bridgehead atoms. The summed E-state index contributed by atoms with van der Waals surface area (Å²) >= 11 is 0. The number of carbonyl (C=O) groups is 1. The van der Waals surface area contributed by atoms with Crippen molar-refractivity contribution in [3.63, 3.8) is 0 Å². The van der Waals surface area contributed by atoms with Gasteiger partial charge in [-0.3, -0.25) is 0 Å². The molecule has 1 fully saturated rings. The first-order chi connectivity index (χ1) is 8.66. The van der Waals surface area contributed by atoms with Crippen LogP contribution in [0, 0.1) is 0 Å². The van der Waals surface area contributed by atoms with Gasteiger partial charge in [-0.2, -0.15) is 0 Å². The number of hydrogen-bond donors (Lipinski definition) is 2. The average molecular weight is 251 g/mol. The molecule has 0 aliphatic carbocycles. The molecule has 100 valence electrons. The van der Waals surface area contributed by atoms with E-state index in [1.54, 1.807) is 25.3 Å². The van der Waals surface area contributed by atoms with E-state index < -0.39 is 0 Å². The molecule has 1 aromatic rings. The SMILES string of the molecule is CN(C)C(=O)N1CCC(NCc2cnc[nH]2)CC1. The van der Waals surface area contributed by atoms with Crippen molar-refractivity contribution in [3.05, 3.63) is 18.2 Å². The van der Waals surface area contributed by atoms with Crippen LogP contribution in [0.4, 0.5) is 4.79 Å². The molecule has 1 aromatic heterocycles. The minimum atomic E-state index is 0.113. The molecule has 6 nitrogen and oxygen atoms in total. The van der Waals surface area contributed by atoms with Gasteiger partial charge in [0.1, 0.15) is 0 Å². The molecule has 6 heteroatoms. The smallest absolute Gasteiger partial charge is 0.319 e. The van der Waals surface area contributed by atoms with Crippen LogP contribution in [0.3, 0.4) is 0 Å². The number of piperidine rings is 1. The van der Waals surface area contributed by atoms with Gasteiger partial charge in [-0.15, -0.1) is 0 Å². The number of amides is 2. The summed E-state index contributed by atoms with van der Waals surface area (Å²) in [6, 6.07) is 0.599. The third-order valence-corrected chi connectivity index (χ3v) is 3.28. The van der Waals surface area contributed by atoms with E-state index in [1.165, 1.54) is 0 Å². The van der Waals surface area contributed by atoms with E-state index in [-0.39, 0.29) is 6.03 Å². The van der Waals surface area contributed by atoms with Crippen LogP contribution in [-0.2, 0) is 6.54 Å². The molecule has 0 radical (unpaired) electrons. The molecule has 0 atom stereocenters. The number of H-pyrrole nitrogens is 1. The highest BCUT2D eigenvalue weighted by Crippen LogP contribution is 2.12. The minimum Gasteiger partial charge on any atom is -0.347 e.